The first-order valence-electron chi connectivity index (χ1n) is 13.5. The van der Waals surface area contributed by atoms with Crippen LogP contribution in [0.5, 0.6) is 0 Å². The van der Waals surface area contributed by atoms with E-state index >= 15 is 0 Å². The molecule has 0 aromatic heterocycles. The van der Waals surface area contributed by atoms with Crippen LogP contribution in [-0.2, 0) is 23.7 Å². The lowest BCUT2D eigenvalue weighted by Gasteiger charge is -2.47. The molecule has 1 nitrogen and oxygen atoms in total. The van der Waals surface area contributed by atoms with Crippen LogP contribution in [0.2, 0.25) is 0 Å². The van der Waals surface area contributed by atoms with E-state index in [1.54, 1.807) is 0 Å². The molecule has 2 aliphatic rings. The zero-order valence-corrected chi connectivity index (χ0v) is 22.1. The Hall–Kier alpha value is -2.12. The molecular formula is C33H45N. The summed E-state index contributed by atoms with van der Waals surface area (Å²) in [7, 11) is 0. The number of hydrogen-bond acceptors (Lipinski definition) is 1. The van der Waals surface area contributed by atoms with Gasteiger partial charge in [-0.1, -0.05) is 89.2 Å². The fourth-order valence-electron chi connectivity index (χ4n) is 6.69. The second-order valence-corrected chi connectivity index (χ2v) is 11.7. The van der Waals surface area contributed by atoms with Crippen LogP contribution in [-0.4, -0.2) is 24.5 Å². The Morgan fingerprint density at radius 2 is 1.74 bits per heavy atom. The first-order chi connectivity index (χ1) is 16.3. The number of fused-ring (bicyclic) bond motifs is 1. The topological polar surface area (TPSA) is 3.24 Å². The summed E-state index contributed by atoms with van der Waals surface area (Å²) in [5.74, 6) is 0.575. The van der Waals surface area contributed by atoms with Crippen LogP contribution in [0.4, 0.5) is 0 Å². The lowest BCUT2D eigenvalue weighted by molar-refractivity contribution is 0.205. The van der Waals surface area contributed by atoms with Gasteiger partial charge in [-0.15, -0.1) is 6.58 Å². The SMILES string of the molecule is C=CC(CCc1ccc2c(c1)C(C)(C)CC(C)(c1ccccc1CC)C2=C)CN1CCCCC1. The van der Waals surface area contributed by atoms with Gasteiger partial charge in [0.1, 0.15) is 0 Å². The molecule has 0 amide bonds. The molecule has 0 bridgehead atoms. The maximum absolute atomic E-state index is 4.69. The quantitative estimate of drug-likeness (QED) is 0.363. The molecule has 0 saturated carbocycles. The number of rotatable bonds is 8. The van der Waals surface area contributed by atoms with Gasteiger partial charge in [0.2, 0.25) is 0 Å². The molecule has 2 atom stereocenters. The molecule has 0 radical (unpaired) electrons. The Labute approximate surface area is 209 Å². The summed E-state index contributed by atoms with van der Waals surface area (Å²) in [5.41, 5.74) is 8.56. The molecular weight excluding hydrogens is 410 g/mol. The number of allylic oxidation sites excluding steroid dienone is 1. The van der Waals surface area contributed by atoms with Crippen LogP contribution in [0, 0.1) is 5.92 Å². The Balaban J connectivity index is 1.55. The highest BCUT2D eigenvalue weighted by Gasteiger charge is 2.44. The number of nitrogens with zero attached hydrogens (tertiary/aromatic N) is 1. The first kappa shape index (κ1) is 25.0. The van der Waals surface area contributed by atoms with Crippen molar-refractivity contribution in [3.63, 3.8) is 0 Å². The lowest BCUT2D eigenvalue weighted by atomic mass is 9.56. The van der Waals surface area contributed by atoms with Crippen molar-refractivity contribution in [3.8, 4) is 0 Å². The minimum Gasteiger partial charge on any atom is -0.303 e. The van der Waals surface area contributed by atoms with E-state index in [-0.39, 0.29) is 10.8 Å². The summed E-state index contributed by atoms with van der Waals surface area (Å²) in [4.78, 5) is 2.64. The van der Waals surface area contributed by atoms with E-state index in [9.17, 15) is 0 Å². The second-order valence-electron chi connectivity index (χ2n) is 11.7. The third kappa shape index (κ3) is 4.96. The van der Waals surface area contributed by atoms with Crippen LogP contribution < -0.4 is 0 Å². The monoisotopic (exact) mass is 455 g/mol. The first-order valence-corrected chi connectivity index (χ1v) is 13.5. The van der Waals surface area contributed by atoms with Gasteiger partial charge in [-0.25, -0.2) is 0 Å². The predicted octanol–water partition coefficient (Wildman–Crippen LogP) is 8.12. The molecule has 1 saturated heterocycles. The van der Waals surface area contributed by atoms with Gasteiger partial charge in [-0.3, -0.25) is 0 Å². The van der Waals surface area contributed by atoms with Gasteiger partial charge in [-0.05, 0) is 96.3 Å². The van der Waals surface area contributed by atoms with Crippen molar-refractivity contribution in [2.75, 3.05) is 19.6 Å². The number of aryl methyl sites for hydroxylation is 2. The van der Waals surface area contributed by atoms with Gasteiger partial charge in [0.15, 0.2) is 0 Å². The third-order valence-corrected chi connectivity index (χ3v) is 8.67. The summed E-state index contributed by atoms with van der Waals surface area (Å²) in [5, 5.41) is 0. The summed E-state index contributed by atoms with van der Waals surface area (Å²) >= 11 is 0. The van der Waals surface area contributed by atoms with Crippen LogP contribution in [0.3, 0.4) is 0 Å². The van der Waals surface area contributed by atoms with Crippen molar-refractivity contribution in [2.45, 2.75) is 83.5 Å². The molecule has 2 unspecified atom stereocenters. The fraction of sp³-hybridized carbons (Fsp3) is 0.515. The van der Waals surface area contributed by atoms with E-state index < -0.39 is 0 Å². The van der Waals surface area contributed by atoms with Gasteiger partial charge >= 0.3 is 0 Å². The normalized spacial score (nSPS) is 23.4. The Bertz CT molecular complexity index is 1020. The zero-order valence-electron chi connectivity index (χ0n) is 22.1. The van der Waals surface area contributed by atoms with Crippen molar-refractivity contribution < 1.29 is 0 Å². The van der Waals surface area contributed by atoms with Crippen molar-refractivity contribution in [1.29, 1.82) is 0 Å². The average Bonchev–Trinajstić information content (AvgIpc) is 2.85. The third-order valence-electron chi connectivity index (χ3n) is 8.67. The summed E-state index contributed by atoms with van der Waals surface area (Å²) in [6, 6.07) is 16.2. The molecule has 0 spiro atoms. The lowest BCUT2D eigenvalue weighted by Crippen LogP contribution is -2.39. The van der Waals surface area contributed by atoms with Crippen LogP contribution >= 0.6 is 0 Å². The van der Waals surface area contributed by atoms with E-state index in [0.29, 0.717) is 5.92 Å². The molecule has 1 aliphatic heterocycles. The Morgan fingerprint density at radius 1 is 1.00 bits per heavy atom. The van der Waals surface area contributed by atoms with Crippen LogP contribution in [0.15, 0.2) is 61.7 Å². The molecule has 1 heteroatoms. The largest absolute Gasteiger partial charge is 0.303 e. The molecule has 34 heavy (non-hydrogen) atoms. The minimum absolute atomic E-state index is 0.0347. The maximum atomic E-state index is 4.69. The molecule has 4 rings (SSSR count). The Kier molecular flexibility index (Phi) is 7.53. The number of piperidine rings is 1. The number of hydrogen-bond donors (Lipinski definition) is 0. The summed E-state index contributed by atoms with van der Waals surface area (Å²) < 4.78 is 0. The fourth-order valence-corrected chi connectivity index (χ4v) is 6.69. The maximum Gasteiger partial charge on any atom is 0.0185 e. The molecule has 1 heterocycles. The van der Waals surface area contributed by atoms with Gasteiger partial charge in [0.25, 0.3) is 0 Å². The van der Waals surface area contributed by atoms with E-state index in [1.165, 1.54) is 78.7 Å². The molecule has 1 fully saturated rings. The molecule has 182 valence electrons. The van der Waals surface area contributed by atoms with Crippen LogP contribution in [0.1, 0.15) is 87.6 Å². The number of likely N-dealkylation sites (tertiary alicyclic amines) is 1. The molecule has 0 N–H and O–H groups in total. The van der Waals surface area contributed by atoms with Crippen LogP contribution in [0.25, 0.3) is 5.57 Å². The highest BCUT2D eigenvalue weighted by molar-refractivity contribution is 5.79. The standard InChI is InChI=1S/C33H45N/c1-7-26(23-34-20-12-9-13-21-34)16-17-27-18-19-29-25(3)33(6,24-32(4,5)31(29)22-27)30-15-11-10-14-28(30)8-2/h7,10-11,14-15,18-19,22,26H,1,3,8-9,12-13,16-17,20-21,23-24H2,2,4-6H3. The van der Waals surface area contributed by atoms with E-state index in [0.717, 1.165) is 19.3 Å². The molecule has 1 aliphatic carbocycles. The zero-order chi connectivity index (χ0) is 24.3. The second kappa shape index (κ2) is 10.2. The number of benzene rings is 2. The van der Waals surface area contributed by atoms with Gasteiger partial charge < -0.3 is 4.90 Å². The predicted molar refractivity (Wildman–Crippen MR) is 149 cm³/mol. The highest BCUT2D eigenvalue weighted by Crippen LogP contribution is 2.53. The van der Waals surface area contributed by atoms with Gasteiger partial charge in [0, 0.05) is 12.0 Å². The van der Waals surface area contributed by atoms with Crippen molar-refractivity contribution in [1.82, 2.24) is 4.90 Å². The highest BCUT2D eigenvalue weighted by atomic mass is 15.1. The van der Waals surface area contributed by atoms with Crippen molar-refractivity contribution in [3.05, 3.63) is 89.5 Å². The smallest absolute Gasteiger partial charge is 0.0185 e. The molecule has 2 aromatic rings. The summed E-state index contributed by atoms with van der Waals surface area (Å²) in [6.45, 7) is 22.1. The van der Waals surface area contributed by atoms with Crippen molar-refractivity contribution >= 4 is 5.57 Å². The van der Waals surface area contributed by atoms with Gasteiger partial charge in [-0.2, -0.15) is 0 Å². The van der Waals surface area contributed by atoms with Crippen molar-refractivity contribution in [2.24, 2.45) is 5.92 Å². The van der Waals surface area contributed by atoms with E-state index in [1.807, 2.05) is 0 Å². The minimum atomic E-state index is -0.0347. The summed E-state index contributed by atoms with van der Waals surface area (Å²) in [6.07, 6.45) is 10.8. The van der Waals surface area contributed by atoms with E-state index in [2.05, 4.69) is 94.3 Å². The van der Waals surface area contributed by atoms with E-state index in [4.69, 9.17) is 0 Å². The Morgan fingerprint density at radius 3 is 2.44 bits per heavy atom. The molecule has 2 aromatic carbocycles. The average molecular weight is 456 g/mol. The van der Waals surface area contributed by atoms with Gasteiger partial charge in [0.05, 0.1) is 0 Å².